The van der Waals surface area contributed by atoms with Gasteiger partial charge in [0.15, 0.2) is 17.8 Å². The maximum Gasteiger partial charge on any atom is 0.308 e. The van der Waals surface area contributed by atoms with Gasteiger partial charge < -0.3 is 28.6 Å². The van der Waals surface area contributed by atoms with E-state index in [1.807, 2.05) is 0 Å². The molecule has 1 atom stereocenters. The van der Waals surface area contributed by atoms with Crippen molar-refractivity contribution in [2.75, 3.05) is 39.9 Å². The molecule has 1 aliphatic heterocycles. The Hall–Kier alpha value is -3.96. The molecule has 0 bridgehead atoms. The second kappa shape index (κ2) is 11.6. The van der Waals surface area contributed by atoms with Crippen molar-refractivity contribution < 1.29 is 42.9 Å². The predicted octanol–water partition coefficient (Wildman–Crippen LogP) is 2.02. The molecule has 0 radical (unpaired) electrons. The fraction of sp³-hybridized carbons (Fsp3) is 0.360. The summed E-state index contributed by atoms with van der Waals surface area (Å²) in [5, 5.41) is 0. The van der Waals surface area contributed by atoms with Crippen molar-refractivity contribution in [3.63, 3.8) is 0 Å². The van der Waals surface area contributed by atoms with Crippen LogP contribution in [0.15, 0.2) is 42.5 Å². The van der Waals surface area contributed by atoms with E-state index < -0.39 is 36.0 Å². The first-order chi connectivity index (χ1) is 17.2. The Morgan fingerprint density at radius 1 is 0.972 bits per heavy atom. The maximum atomic E-state index is 13.6. The number of benzene rings is 2. The first-order valence-corrected chi connectivity index (χ1v) is 11.0. The molecule has 1 unspecified atom stereocenters. The van der Waals surface area contributed by atoms with E-state index in [1.165, 1.54) is 76.7 Å². The number of imide groups is 1. The number of amides is 3. The molecule has 0 spiro atoms. The summed E-state index contributed by atoms with van der Waals surface area (Å²) in [6, 6.07) is 9.44. The van der Waals surface area contributed by atoms with E-state index in [1.54, 1.807) is 6.07 Å². The molecule has 192 valence electrons. The Bertz CT molecular complexity index is 1130. The molecule has 3 rings (SSSR count). The van der Waals surface area contributed by atoms with Crippen molar-refractivity contribution in [1.82, 2.24) is 4.90 Å². The SMILES string of the molecule is COc1ccc(C(=O)N(CC(OC)OC)C2CC(=O)N(c3ccc(OC(C)=O)cc3)C2=O)cc1OC. The van der Waals surface area contributed by atoms with Gasteiger partial charge in [0, 0.05) is 26.7 Å². The maximum absolute atomic E-state index is 13.6. The van der Waals surface area contributed by atoms with Gasteiger partial charge in [-0.15, -0.1) is 0 Å². The van der Waals surface area contributed by atoms with Gasteiger partial charge in [0.25, 0.3) is 11.8 Å². The van der Waals surface area contributed by atoms with Crippen LogP contribution in [0.4, 0.5) is 5.69 Å². The zero-order valence-corrected chi connectivity index (χ0v) is 20.7. The van der Waals surface area contributed by atoms with E-state index in [2.05, 4.69) is 0 Å². The standard InChI is InChI=1S/C25H28N2O9/c1-15(28)36-18-9-7-17(8-10-18)27-22(29)13-19(25(27)31)26(14-23(34-4)35-5)24(30)16-6-11-20(32-2)21(12-16)33-3/h6-12,19,23H,13-14H2,1-5H3. The van der Waals surface area contributed by atoms with Gasteiger partial charge in [0.2, 0.25) is 5.91 Å². The molecule has 2 aromatic carbocycles. The highest BCUT2D eigenvalue weighted by Crippen LogP contribution is 2.31. The summed E-state index contributed by atoms with van der Waals surface area (Å²) < 4.78 is 26.1. The number of hydrogen-bond acceptors (Lipinski definition) is 9. The number of carbonyl (C=O) groups is 4. The number of methoxy groups -OCH3 is 4. The van der Waals surface area contributed by atoms with Crippen LogP contribution < -0.4 is 19.1 Å². The summed E-state index contributed by atoms with van der Waals surface area (Å²) in [4.78, 5) is 53.4. The van der Waals surface area contributed by atoms with E-state index in [0.29, 0.717) is 11.5 Å². The highest BCUT2D eigenvalue weighted by atomic mass is 16.7. The molecule has 3 amide bonds. The normalized spacial score (nSPS) is 15.3. The summed E-state index contributed by atoms with van der Waals surface area (Å²) >= 11 is 0. The summed E-state index contributed by atoms with van der Waals surface area (Å²) in [6.45, 7) is 1.16. The minimum Gasteiger partial charge on any atom is -0.493 e. The van der Waals surface area contributed by atoms with Crippen molar-refractivity contribution in [1.29, 1.82) is 0 Å². The molecule has 0 aliphatic carbocycles. The Morgan fingerprint density at radius 2 is 1.61 bits per heavy atom. The lowest BCUT2D eigenvalue weighted by Crippen LogP contribution is -2.49. The molecule has 1 fully saturated rings. The first-order valence-electron chi connectivity index (χ1n) is 11.0. The van der Waals surface area contributed by atoms with Gasteiger partial charge in [0.05, 0.1) is 32.9 Å². The monoisotopic (exact) mass is 500 g/mol. The third kappa shape index (κ3) is 5.64. The van der Waals surface area contributed by atoms with Gasteiger partial charge in [-0.1, -0.05) is 0 Å². The Labute approximate surface area is 208 Å². The second-order valence-corrected chi connectivity index (χ2v) is 7.80. The summed E-state index contributed by atoms with van der Waals surface area (Å²) in [5.74, 6) is -1.04. The topological polar surface area (TPSA) is 121 Å². The van der Waals surface area contributed by atoms with Crippen molar-refractivity contribution in [2.45, 2.75) is 25.7 Å². The van der Waals surface area contributed by atoms with Crippen LogP contribution >= 0.6 is 0 Å². The molecule has 0 N–H and O–H groups in total. The summed E-state index contributed by atoms with van der Waals surface area (Å²) in [5.41, 5.74) is 0.514. The van der Waals surface area contributed by atoms with E-state index >= 15 is 0 Å². The molecule has 2 aromatic rings. The largest absolute Gasteiger partial charge is 0.493 e. The molecular weight excluding hydrogens is 472 g/mol. The number of hydrogen-bond donors (Lipinski definition) is 0. The number of carbonyl (C=O) groups excluding carboxylic acids is 4. The van der Waals surface area contributed by atoms with E-state index in [4.69, 9.17) is 23.7 Å². The van der Waals surface area contributed by atoms with Crippen molar-refractivity contribution >= 4 is 29.4 Å². The average Bonchev–Trinajstić information content (AvgIpc) is 3.17. The second-order valence-electron chi connectivity index (χ2n) is 7.80. The molecule has 0 saturated carbocycles. The van der Waals surface area contributed by atoms with Crippen molar-refractivity contribution in [3.8, 4) is 17.2 Å². The number of nitrogens with zero attached hydrogens (tertiary/aromatic N) is 2. The van der Waals surface area contributed by atoms with Gasteiger partial charge in [-0.25, -0.2) is 4.90 Å². The predicted molar refractivity (Wildman–Crippen MR) is 127 cm³/mol. The lowest BCUT2D eigenvalue weighted by atomic mass is 10.1. The number of ether oxygens (including phenoxy) is 5. The van der Waals surface area contributed by atoms with Crippen LogP contribution in [-0.2, 0) is 23.9 Å². The summed E-state index contributed by atoms with van der Waals surface area (Å²) in [6.07, 6.45) is -1.07. The van der Waals surface area contributed by atoms with Gasteiger partial charge in [-0.05, 0) is 42.5 Å². The van der Waals surface area contributed by atoms with E-state index in [9.17, 15) is 19.2 Å². The number of esters is 1. The molecule has 1 heterocycles. The quantitative estimate of drug-likeness (QED) is 0.209. The first kappa shape index (κ1) is 26.6. The van der Waals surface area contributed by atoms with Crippen LogP contribution in [-0.4, -0.2) is 75.9 Å². The van der Waals surface area contributed by atoms with Crippen LogP contribution in [0.25, 0.3) is 0 Å². The molecule has 36 heavy (non-hydrogen) atoms. The van der Waals surface area contributed by atoms with Crippen LogP contribution in [0.3, 0.4) is 0 Å². The molecule has 11 heteroatoms. The zero-order chi connectivity index (χ0) is 26.4. The van der Waals surface area contributed by atoms with Gasteiger partial charge in [-0.3, -0.25) is 19.2 Å². The zero-order valence-electron chi connectivity index (χ0n) is 20.7. The fourth-order valence-electron chi connectivity index (χ4n) is 3.85. The van der Waals surface area contributed by atoms with E-state index in [-0.39, 0.29) is 30.0 Å². The van der Waals surface area contributed by atoms with Crippen LogP contribution in [0.2, 0.25) is 0 Å². The minimum atomic E-state index is -1.10. The van der Waals surface area contributed by atoms with Gasteiger partial charge >= 0.3 is 5.97 Å². The number of anilines is 1. The van der Waals surface area contributed by atoms with Crippen molar-refractivity contribution in [3.05, 3.63) is 48.0 Å². The van der Waals surface area contributed by atoms with E-state index in [0.717, 1.165) is 4.90 Å². The molecular formula is C25H28N2O9. The molecule has 11 nitrogen and oxygen atoms in total. The average molecular weight is 501 g/mol. The number of rotatable bonds is 10. The van der Waals surface area contributed by atoms with Crippen LogP contribution in [0.5, 0.6) is 17.2 Å². The Morgan fingerprint density at radius 3 is 2.17 bits per heavy atom. The highest BCUT2D eigenvalue weighted by molar-refractivity contribution is 6.23. The third-order valence-corrected chi connectivity index (χ3v) is 5.62. The minimum absolute atomic E-state index is 0.108. The van der Waals surface area contributed by atoms with Gasteiger partial charge in [0.1, 0.15) is 11.8 Å². The van der Waals surface area contributed by atoms with Gasteiger partial charge in [-0.2, -0.15) is 0 Å². The smallest absolute Gasteiger partial charge is 0.308 e. The van der Waals surface area contributed by atoms with Crippen LogP contribution in [0.1, 0.15) is 23.7 Å². The lowest BCUT2D eigenvalue weighted by molar-refractivity contribution is -0.132. The third-order valence-electron chi connectivity index (χ3n) is 5.62. The highest BCUT2D eigenvalue weighted by Gasteiger charge is 2.45. The summed E-state index contributed by atoms with van der Waals surface area (Å²) in [7, 11) is 5.74. The lowest BCUT2D eigenvalue weighted by Gasteiger charge is -2.30. The fourth-order valence-corrected chi connectivity index (χ4v) is 3.85. The molecule has 1 saturated heterocycles. The Balaban J connectivity index is 1.93. The molecule has 0 aromatic heterocycles. The van der Waals surface area contributed by atoms with Crippen molar-refractivity contribution in [2.24, 2.45) is 0 Å². The molecule has 1 aliphatic rings. The van der Waals surface area contributed by atoms with Crippen LogP contribution in [0, 0.1) is 0 Å². The Kier molecular flexibility index (Phi) is 8.62.